The van der Waals surface area contributed by atoms with Gasteiger partial charge in [-0.05, 0) is 32.5 Å². The van der Waals surface area contributed by atoms with E-state index in [1.807, 2.05) is 11.8 Å². The lowest BCUT2D eigenvalue weighted by Crippen LogP contribution is -2.01. The first kappa shape index (κ1) is 8.66. The Kier molecular flexibility index (Phi) is 1.63. The molecule has 0 amide bonds. The van der Waals surface area contributed by atoms with Crippen molar-refractivity contribution >= 4 is 23.9 Å². The molecule has 2 aromatic rings. The van der Waals surface area contributed by atoms with E-state index in [0.29, 0.717) is 0 Å². The fraction of sp³-hybridized carbons (Fsp3) is 0.0667. The van der Waals surface area contributed by atoms with E-state index < -0.39 is 0 Å². The van der Waals surface area contributed by atoms with E-state index in [0.717, 1.165) is 5.75 Å². The summed E-state index contributed by atoms with van der Waals surface area (Å²) in [7, 11) is 0. The van der Waals surface area contributed by atoms with Crippen LogP contribution >= 0.6 is 11.8 Å². The first-order chi connectivity index (χ1) is 7.93. The van der Waals surface area contributed by atoms with E-state index in [-0.39, 0.29) is 0 Å². The monoisotopic (exact) mass is 222 g/mol. The molecule has 0 radical (unpaired) electrons. The largest absolute Gasteiger partial charge is 0.121 e. The summed E-state index contributed by atoms with van der Waals surface area (Å²) in [5.41, 5.74) is 1.43. The Morgan fingerprint density at radius 3 is 2.81 bits per heavy atom. The molecule has 0 spiro atoms. The third kappa shape index (κ3) is 1.01. The lowest BCUT2D eigenvalue weighted by molar-refractivity contribution is 1.33. The van der Waals surface area contributed by atoms with E-state index in [1.165, 1.54) is 31.3 Å². The molecule has 16 heavy (non-hydrogen) atoms. The van der Waals surface area contributed by atoms with Gasteiger partial charge in [-0.25, -0.2) is 0 Å². The van der Waals surface area contributed by atoms with Crippen LogP contribution in [0.15, 0.2) is 41.3 Å². The second kappa shape index (κ2) is 3.02. The average Bonchev–Trinajstić information content (AvgIpc) is 2.92. The second-order valence-electron chi connectivity index (χ2n) is 4.19. The first-order valence-electron chi connectivity index (χ1n) is 5.51. The van der Waals surface area contributed by atoms with Gasteiger partial charge in [-0.3, -0.25) is 0 Å². The van der Waals surface area contributed by atoms with Crippen LogP contribution in [-0.2, 0) is 0 Å². The van der Waals surface area contributed by atoms with E-state index in [2.05, 4.69) is 48.6 Å². The van der Waals surface area contributed by atoms with Crippen LogP contribution < -0.4 is 10.4 Å². The highest BCUT2D eigenvalue weighted by Crippen LogP contribution is 2.26. The minimum absolute atomic E-state index is 1.12. The molecule has 0 bridgehead atoms. The van der Waals surface area contributed by atoms with Crippen LogP contribution in [-0.4, -0.2) is 5.75 Å². The summed E-state index contributed by atoms with van der Waals surface area (Å²) in [5.74, 6) is 1.12. The molecule has 0 unspecified atom stereocenters. The summed E-state index contributed by atoms with van der Waals surface area (Å²) in [6.07, 6.45) is 4.65. The third-order valence-electron chi connectivity index (χ3n) is 3.31. The number of hydrogen-bond acceptors (Lipinski definition) is 1. The second-order valence-corrected chi connectivity index (χ2v) is 5.22. The Balaban J connectivity index is 2.31. The maximum atomic E-state index is 2.33. The van der Waals surface area contributed by atoms with Crippen LogP contribution in [0.3, 0.4) is 0 Å². The van der Waals surface area contributed by atoms with Gasteiger partial charge in [-0.1, -0.05) is 42.5 Å². The summed E-state index contributed by atoms with van der Waals surface area (Å²) in [6.45, 7) is 0. The topological polar surface area (TPSA) is 0 Å². The smallest absolute Gasteiger partial charge is 0.0224 e. The molecule has 0 N–H and O–H groups in total. The molecular weight excluding hydrogens is 212 g/mol. The van der Waals surface area contributed by atoms with Crippen molar-refractivity contribution in [2.75, 3.05) is 5.75 Å². The van der Waals surface area contributed by atoms with E-state index in [9.17, 15) is 0 Å². The summed E-state index contributed by atoms with van der Waals surface area (Å²) >= 11 is 1.96. The van der Waals surface area contributed by atoms with Gasteiger partial charge >= 0.3 is 0 Å². The fourth-order valence-electron chi connectivity index (χ4n) is 2.55. The molecule has 0 nitrogen and oxygen atoms in total. The Labute approximate surface area is 97.6 Å². The van der Waals surface area contributed by atoms with Crippen LogP contribution in [0.4, 0.5) is 0 Å². The first-order valence-corrected chi connectivity index (χ1v) is 6.49. The molecule has 2 aliphatic rings. The molecule has 0 fully saturated rings. The number of thioether (sulfide) groups is 1. The van der Waals surface area contributed by atoms with Crippen molar-refractivity contribution in [3.05, 3.63) is 62.8 Å². The zero-order valence-corrected chi connectivity index (χ0v) is 9.55. The quantitative estimate of drug-likeness (QED) is 0.560. The van der Waals surface area contributed by atoms with Crippen LogP contribution in [0.2, 0.25) is 0 Å². The molecule has 1 heterocycles. The lowest BCUT2D eigenvalue weighted by Gasteiger charge is -1.99. The maximum absolute atomic E-state index is 2.33. The van der Waals surface area contributed by atoms with E-state index in [4.69, 9.17) is 0 Å². The third-order valence-corrected chi connectivity index (χ3v) is 4.39. The van der Waals surface area contributed by atoms with Crippen molar-refractivity contribution in [2.45, 2.75) is 4.90 Å². The van der Waals surface area contributed by atoms with Crippen molar-refractivity contribution in [2.24, 2.45) is 0 Å². The van der Waals surface area contributed by atoms with Crippen molar-refractivity contribution in [1.29, 1.82) is 0 Å². The molecule has 1 heteroatoms. The average molecular weight is 222 g/mol. The molecule has 0 atom stereocenters. The molecule has 76 valence electrons. The predicted molar refractivity (Wildman–Crippen MR) is 68.6 cm³/mol. The highest BCUT2D eigenvalue weighted by Gasteiger charge is 2.11. The zero-order valence-electron chi connectivity index (χ0n) is 8.73. The van der Waals surface area contributed by atoms with Crippen molar-refractivity contribution in [3.63, 3.8) is 0 Å². The Morgan fingerprint density at radius 1 is 0.875 bits per heavy atom. The molecule has 1 aliphatic heterocycles. The molecule has 0 saturated heterocycles. The Hall–Kier alpha value is -1.47. The van der Waals surface area contributed by atoms with E-state index in [1.54, 1.807) is 0 Å². The Morgan fingerprint density at radius 2 is 1.81 bits per heavy atom. The number of hydrogen-bond donors (Lipinski definition) is 0. The van der Waals surface area contributed by atoms with Gasteiger partial charge in [0, 0.05) is 10.6 Å². The highest BCUT2D eigenvalue weighted by atomic mass is 32.2. The highest BCUT2D eigenvalue weighted by molar-refractivity contribution is 8.00. The summed E-state index contributed by atoms with van der Waals surface area (Å²) in [5, 5.41) is 5.55. The van der Waals surface area contributed by atoms with Gasteiger partial charge in [-0.15, -0.1) is 11.8 Å². The van der Waals surface area contributed by atoms with Crippen molar-refractivity contribution < 1.29 is 0 Å². The maximum Gasteiger partial charge on any atom is 0.0224 e. The lowest BCUT2D eigenvalue weighted by atomic mass is 10.1. The van der Waals surface area contributed by atoms with Gasteiger partial charge in [0.25, 0.3) is 0 Å². The van der Waals surface area contributed by atoms with Crippen LogP contribution in [0, 0.1) is 10.4 Å². The molecule has 4 rings (SSSR count). The SMILES string of the molecule is C1=c2ccc3c(c2SC1)C=c1ccccc1=3. The number of rotatable bonds is 0. The van der Waals surface area contributed by atoms with Crippen molar-refractivity contribution in [3.8, 4) is 0 Å². The molecule has 0 aromatic heterocycles. The normalized spacial score (nSPS) is 14.8. The van der Waals surface area contributed by atoms with Crippen LogP contribution in [0.5, 0.6) is 0 Å². The van der Waals surface area contributed by atoms with Crippen molar-refractivity contribution in [1.82, 2.24) is 0 Å². The minimum atomic E-state index is 1.12. The molecule has 0 saturated carbocycles. The van der Waals surface area contributed by atoms with Gasteiger partial charge in [0.05, 0.1) is 0 Å². The van der Waals surface area contributed by atoms with E-state index >= 15 is 0 Å². The van der Waals surface area contributed by atoms with Crippen LogP contribution in [0.1, 0.15) is 5.56 Å². The van der Waals surface area contributed by atoms with Gasteiger partial charge in [-0.2, -0.15) is 0 Å². The molecule has 2 aromatic carbocycles. The van der Waals surface area contributed by atoms with Crippen LogP contribution in [0.25, 0.3) is 12.2 Å². The fourth-order valence-corrected chi connectivity index (χ4v) is 3.63. The minimum Gasteiger partial charge on any atom is -0.121 e. The standard InChI is InChI=1S/C15H10S/c1-2-4-12-11(3-1)9-14-13(12)6-5-10-7-8-16-15(10)14/h1-7,9H,8H2. The van der Waals surface area contributed by atoms with Gasteiger partial charge in [0.1, 0.15) is 0 Å². The number of fused-ring (bicyclic) bond motifs is 4. The number of benzene rings is 2. The molecule has 1 aliphatic carbocycles. The Bertz CT molecular complexity index is 800. The molecular formula is C15H10S. The zero-order chi connectivity index (χ0) is 10.5. The van der Waals surface area contributed by atoms with Gasteiger partial charge in [0.15, 0.2) is 0 Å². The van der Waals surface area contributed by atoms with Gasteiger partial charge in [0.2, 0.25) is 0 Å². The predicted octanol–water partition coefficient (Wildman–Crippen LogP) is 2.00. The van der Waals surface area contributed by atoms with Gasteiger partial charge < -0.3 is 0 Å². The summed E-state index contributed by atoms with van der Waals surface area (Å²) in [4.78, 5) is 1.47. The summed E-state index contributed by atoms with van der Waals surface area (Å²) in [6, 6.07) is 13.2. The summed E-state index contributed by atoms with van der Waals surface area (Å²) < 4.78 is 0.